The minimum Gasteiger partial charge on any atom is -0.319 e. The fourth-order valence-corrected chi connectivity index (χ4v) is 2.54. The molecule has 0 amide bonds. The molecule has 14 heavy (non-hydrogen) atoms. The van der Waals surface area contributed by atoms with Gasteiger partial charge in [0.15, 0.2) is 0 Å². The third-order valence-electron chi connectivity index (χ3n) is 1.77. The van der Waals surface area contributed by atoms with Gasteiger partial charge in [-0.25, -0.2) is 13.6 Å². The van der Waals surface area contributed by atoms with Crippen LogP contribution in [-0.2, 0) is 14.6 Å². The molecule has 0 aliphatic heterocycles. The molecule has 0 aromatic heterocycles. The second kappa shape index (κ2) is 3.50. The minimum absolute atomic E-state index is 0.000995. The highest BCUT2D eigenvalue weighted by Gasteiger charge is 2.14. The second-order valence-corrected chi connectivity index (χ2v) is 8.17. The fraction of sp³-hybridized carbons (Fsp3) is 0.250. The molecule has 6 heteroatoms. The van der Waals surface area contributed by atoms with E-state index in [4.69, 9.17) is 5.14 Å². The summed E-state index contributed by atoms with van der Waals surface area (Å²) in [7, 11) is -6.14. The number of rotatable bonds is 2. The van der Waals surface area contributed by atoms with Crippen molar-refractivity contribution < 1.29 is 13.0 Å². The highest BCUT2D eigenvalue weighted by molar-refractivity contribution is 7.89. The Morgan fingerprint density at radius 1 is 1.29 bits per heavy atom. The summed E-state index contributed by atoms with van der Waals surface area (Å²) in [5.74, 6) is 0. The van der Waals surface area contributed by atoms with Crippen LogP contribution in [-0.4, -0.2) is 21.7 Å². The Balaban J connectivity index is 3.36. The Labute approximate surface area is 83.6 Å². The average molecular weight is 233 g/mol. The number of sulfonamides is 1. The quantitative estimate of drug-likeness (QED) is 0.759. The van der Waals surface area contributed by atoms with Crippen molar-refractivity contribution in [3.8, 4) is 0 Å². The molecule has 1 rings (SSSR count). The van der Waals surface area contributed by atoms with E-state index < -0.39 is 17.2 Å². The summed E-state index contributed by atoms with van der Waals surface area (Å²) in [4.78, 5) is -0.000995. The van der Waals surface area contributed by atoms with Gasteiger partial charge in [0.2, 0.25) is 10.0 Å². The predicted octanol–water partition coefficient (Wildman–Crippen LogP) is 0.582. The van der Waals surface area contributed by atoms with Crippen molar-refractivity contribution in [3.05, 3.63) is 24.3 Å². The van der Waals surface area contributed by atoms with Crippen LogP contribution in [0, 0.1) is 0 Å². The second-order valence-electron chi connectivity index (χ2n) is 3.39. The Bertz CT molecular complexity index is 489. The molecule has 0 fully saturated rings. The Morgan fingerprint density at radius 3 is 2.29 bits per heavy atom. The van der Waals surface area contributed by atoms with Gasteiger partial charge in [-0.05, 0) is 25.5 Å². The lowest BCUT2D eigenvalue weighted by Crippen LogP contribution is -2.14. The normalized spacial score (nSPS) is 12.8. The van der Waals surface area contributed by atoms with Gasteiger partial charge in [0, 0.05) is 5.30 Å². The summed E-state index contributed by atoms with van der Waals surface area (Å²) in [6, 6.07) is 5.91. The number of nitrogens with two attached hydrogens (primary N) is 1. The first-order valence-corrected chi connectivity index (χ1v) is 8.04. The zero-order valence-electron chi connectivity index (χ0n) is 7.97. The molecule has 2 N–H and O–H groups in total. The van der Waals surface area contributed by atoms with Gasteiger partial charge in [0.1, 0.15) is 7.14 Å². The minimum atomic E-state index is -3.71. The van der Waals surface area contributed by atoms with Crippen molar-refractivity contribution in [2.75, 3.05) is 13.3 Å². The summed E-state index contributed by atoms with van der Waals surface area (Å²) in [5, 5.41) is 5.47. The van der Waals surface area contributed by atoms with E-state index >= 15 is 0 Å². The summed E-state index contributed by atoms with van der Waals surface area (Å²) in [6.07, 6.45) is 0. The molecule has 0 saturated heterocycles. The average Bonchev–Trinajstić information content (AvgIpc) is 2.01. The molecule has 0 aliphatic carbocycles. The van der Waals surface area contributed by atoms with E-state index in [9.17, 15) is 13.0 Å². The molecule has 1 aromatic carbocycles. The van der Waals surface area contributed by atoms with Gasteiger partial charge in [-0.2, -0.15) is 0 Å². The van der Waals surface area contributed by atoms with E-state index in [2.05, 4.69) is 0 Å². The maximum atomic E-state index is 11.7. The van der Waals surface area contributed by atoms with Gasteiger partial charge < -0.3 is 4.57 Å². The largest absolute Gasteiger partial charge is 0.319 e. The molecule has 1 aromatic rings. The lowest BCUT2D eigenvalue weighted by atomic mass is 10.4. The summed E-state index contributed by atoms with van der Waals surface area (Å²) >= 11 is 0. The van der Waals surface area contributed by atoms with E-state index in [1.54, 1.807) is 19.4 Å². The third kappa shape index (κ3) is 2.67. The van der Waals surface area contributed by atoms with Crippen LogP contribution in [0.25, 0.3) is 0 Å². The first-order valence-electron chi connectivity index (χ1n) is 3.90. The summed E-state index contributed by atoms with van der Waals surface area (Å²) < 4.78 is 33.7. The van der Waals surface area contributed by atoms with Crippen LogP contribution in [0.3, 0.4) is 0 Å². The molecule has 78 valence electrons. The van der Waals surface area contributed by atoms with Crippen LogP contribution in [0.15, 0.2) is 29.2 Å². The van der Waals surface area contributed by atoms with Crippen LogP contribution >= 0.6 is 7.14 Å². The number of benzene rings is 1. The molecule has 4 nitrogen and oxygen atoms in total. The van der Waals surface area contributed by atoms with Crippen molar-refractivity contribution in [1.82, 2.24) is 0 Å². The zero-order chi connectivity index (χ0) is 11.0. The highest BCUT2D eigenvalue weighted by Crippen LogP contribution is 2.34. The predicted molar refractivity (Wildman–Crippen MR) is 56.9 cm³/mol. The number of hydrogen-bond acceptors (Lipinski definition) is 3. The van der Waals surface area contributed by atoms with Crippen LogP contribution in [0.1, 0.15) is 0 Å². The van der Waals surface area contributed by atoms with Gasteiger partial charge in [-0.1, -0.05) is 12.1 Å². The van der Waals surface area contributed by atoms with E-state index in [-0.39, 0.29) is 4.90 Å². The number of hydrogen-bond donors (Lipinski definition) is 1. The first kappa shape index (κ1) is 11.4. The highest BCUT2D eigenvalue weighted by atomic mass is 32.2. The smallest absolute Gasteiger partial charge is 0.238 e. The van der Waals surface area contributed by atoms with Gasteiger partial charge in [0.05, 0.1) is 4.90 Å². The van der Waals surface area contributed by atoms with E-state index in [1.165, 1.54) is 18.2 Å². The molecule has 0 heterocycles. The molecule has 0 unspecified atom stereocenters. The first-order chi connectivity index (χ1) is 6.21. The lowest BCUT2D eigenvalue weighted by Gasteiger charge is -2.07. The zero-order valence-corrected chi connectivity index (χ0v) is 9.68. The molecular weight excluding hydrogens is 221 g/mol. The molecule has 0 spiro atoms. The van der Waals surface area contributed by atoms with Gasteiger partial charge in [-0.15, -0.1) is 0 Å². The summed E-state index contributed by atoms with van der Waals surface area (Å²) in [6.45, 7) is 3.16. The maximum absolute atomic E-state index is 11.7. The molecule has 0 saturated carbocycles. The van der Waals surface area contributed by atoms with Crippen LogP contribution in [0.4, 0.5) is 0 Å². The van der Waals surface area contributed by atoms with Gasteiger partial charge in [0.25, 0.3) is 0 Å². The maximum Gasteiger partial charge on any atom is 0.238 e. The Kier molecular flexibility index (Phi) is 2.86. The standard InChI is InChI=1S/C8H12NO3PS/c1-13(2,10)7-4-3-5-8(6-7)14(9,11)12/h3-6H,1-2H3,(H2,9,11,12). The van der Waals surface area contributed by atoms with Gasteiger partial charge in [-0.3, -0.25) is 0 Å². The van der Waals surface area contributed by atoms with Crippen molar-refractivity contribution in [1.29, 1.82) is 0 Å². The van der Waals surface area contributed by atoms with Crippen molar-refractivity contribution in [2.45, 2.75) is 4.90 Å². The van der Waals surface area contributed by atoms with E-state index in [0.717, 1.165) is 0 Å². The Hall–Kier alpha value is -0.640. The van der Waals surface area contributed by atoms with E-state index in [0.29, 0.717) is 5.30 Å². The molecule has 0 bridgehead atoms. The SMILES string of the molecule is CP(C)(=O)c1cccc(S(N)(=O)=O)c1. The molecule has 0 atom stereocenters. The third-order valence-corrected chi connectivity index (χ3v) is 4.20. The molecule has 0 aliphatic rings. The topological polar surface area (TPSA) is 77.2 Å². The van der Waals surface area contributed by atoms with Crippen molar-refractivity contribution in [3.63, 3.8) is 0 Å². The molecule has 0 radical (unpaired) electrons. The van der Waals surface area contributed by atoms with Crippen LogP contribution in [0.2, 0.25) is 0 Å². The lowest BCUT2D eigenvalue weighted by molar-refractivity contribution is 0.588. The van der Waals surface area contributed by atoms with Crippen molar-refractivity contribution >= 4 is 22.5 Å². The fourth-order valence-electron chi connectivity index (χ4n) is 0.995. The Morgan fingerprint density at radius 2 is 1.86 bits per heavy atom. The summed E-state index contributed by atoms with van der Waals surface area (Å²) in [5.41, 5.74) is 0. The van der Waals surface area contributed by atoms with Crippen LogP contribution in [0.5, 0.6) is 0 Å². The molecular formula is C8H12NO3PS. The number of primary sulfonamides is 1. The van der Waals surface area contributed by atoms with Gasteiger partial charge >= 0.3 is 0 Å². The van der Waals surface area contributed by atoms with E-state index in [1.807, 2.05) is 0 Å². The van der Waals surface area contributed by atoms with Crippen molar-refractivity contribution in [2.24, 2.45) is 5.14 Å². The van der Waals surface area contributed by atoms with Crippen LogP contribution < -0.4 is 10.4 Å². The monoisotopic (exact) mass is 233 g/mol.